The summed E-state index contributed by atoms with van der Waals surface area (Å²) in [5.74, 6) is -0.621. The van der Waals surface area contributed by atoms with E-state index in [0.29, 0.717) is 20.7 Å². The van der Waals surface area contributed by atoms with E-state index in [1.807, 2.05) is 6.07 Å². The second-order valence-electron chi connectivity index (χ2n) is 4.09. The first-order valence-corrected chi connectivity index (χ1v) is 7.56. The van der Waals surface area contributed by atoms with Gasteiger partial charge < -0.3 is 10.5 Å². The molecule has 0 saturated heterocycles. The van der Waals surface area contributed by atoms with Gasteiger partial charge in [0.2, 0.25) is 0 Å². The van der Waals surface area contributed by atoms with E-state index < -0.39 is 5.91 Å². The van der Waals surface area contributed by atoms with Crippen LogP contribution < -0.4 is 5.73 Å². The van der Waals surface area contributed by atoms with Crippen LogP contribution in [0.2, 0.25) is 10.0 Å². The molecule has 1 amide bonds. The Morgan fingerprint density at radius 3 is 2.86 bits per heavy atom. The molecule has 0 bridgehead atoms. The highest BCUT2D eigenvalue weighted by molar-refractivity contribution is 7.11. The van der Waals surface area contributed by atoms with Gasteiger partial charge in [-0.2, -0.15) is 5.26 Å². The molecule has 112 valence electrons. The van der Waals surface area contributed by atoms with Crippen LogP contribution in [0.4, 0.5) is 0 Å². The third kappa shape index (κ3) is 3.98. The normalized spacial score (nSPS) is 11.0. The van der Waals surface area contributed by atoms with E-state index in [2.05, 4.69) is 4.98 Å². The number of primary amides is 1. The first-order valence-electron chi connectivity index (χ1n) is 5.92. The zero-order valence-electron chi connectivity index (χ0n) is 11.0. The summed E-state index contributed by atoms with van der Waals surface area (Å²) in [5.41, 5.74) is 6.61. The van der Waals surface area contributed by atoms with Crippen molar-refractivity contribution in [1.82, 2.24) is 4.98 Å². The van der Waals surface area contributed by atoms with E-state index in [9.17, 15) is 4.79 Å². The molecule has 0 aliphatic heterocycles. The van der Waals surface area contributed by atoms with E-state index in [1.54, 1.807) is 23.6 Å². The lowest BCUT2D eigenvalue weighted by molar-refractivity contribution is -0.120. The van der Waals surface area contributed by atoms with Crippen molar-refractivity contribution < 1.29 is 9.53 Å². The lowest BCUT2D eigenvalue weighted by atomic mass is 10.2. The summed E-state index contributed by atoms with van der Waals surface area (Å²) < 4.78 is 4.92. The quantitative estimate of drug-likeness (QED) is 0.658. The van der Waals surface area contributed by atoms with Gasteiger partial charge in [0, 0.05) is 10.9 Å². The molecule has 0 aliphatic rings. The van der Waals surface area contributed by atoms with Gasteiger partial charge in [-0.15, -0.1) is 11.3 Å². The number of nitrogens with zero attached hydrogens (tertiary/aromatic N) is 2. The Labute approximate surface area is 140 Å². The standard InChI is InChI=1S/C14H9Cl2N3O2S/c15-10-2-1-8(3-11(10)16)12-7-22-14(19-12)9(4-17)5-21-6-13(18)20/h1-3,5,7H,6H2,(H2,18,20)/b9-5+. The number of amides is 1. The number of benzene rings is 1. The number of thiazole rings is 1. The molecule has 0 spiro atoms. The highest BCUT2D eigenvalue weighted by Gasteiger charge is 2.10. The van der Waals surface area contributed by atoms with Gasteiger partial charge in [-0.3, -0.25) is 4.79 Å². The zero-order chi connectivity index (χ0) is 16.1. The molecule has 0 fully saturated rings. The molecule has 2 aromatic rings. The Bertz CT molecular complexity index is 781. The molecule has 22 heavy (non-hydrogen) atoms. The van der Waals surface area contributed by atoms with Crippen LogP contribution in [0.15, 0.2) is 29.8 Å². The highest BCUT2D eigenvalue weighted by Crippen LogP contribution is 2.30. The van der Waals surface area contributed by atoms with E-state index in [0.717, 1.165) is 5.56 Å². The Morgan fingerprint density at radius 2 is 2.23 bits per heavy atom. The summed E-state index contributed by atoms with van der Waals surface area (Å²) in [4.78, 5) is 15.0. The number of halogens is 2. The van der Waals surface area contributed by atoms with Crippen molar-refractivity contribution >= 4 is 46.0 Å². The number of carbonyl (C=O) groups excluding carboxylic acids is 1. The first-order chi connectivity index (χ1) is 10.5. The minimum Gasteiger partial charge on any atom is -0.490 e. The maximum atomic E-state index is 10.6. The monoisotopic (exact) mass is 353 g/mol. The van der Waals surface area contributed by atoms with E-state index in [4.69, 9.17) is 38.9 Å². The predicted octanol–water partition coefficient (Wildman–Crippen LogP) is 3.48. The van der Waals surface area contributed by atoms with Gasteiger partial charge in [0.25, 0.3) is 5.91 Å². The molecule has 2 N–H and O–H groups in total. The fraction of sp³-hybridized carbons (Fsp3) is 0.0714. The average Bonchev–Trinajstić information content (AvgIpc) is 2.96. The molecular formula is C14H9Cl2N3O2S. The average molecular weight is 354 g/mol. The molecule has 1 aromatic heterocycles. The van der Waals surface area contributed by atoms with Crippen molar-refractivity contribution in [3.05, 3.63) is 44.9 Å². The third-order valence-electron chi connectivity index (χ3n) is 2.50. The summed E-state index contributed by atoms with van der Waals surface area (Å²) >= 11 is 13.1. The number of aromatic nitrogens is 1. The Balaban J connectivity index is 2.24. The molecule has 5 nitrogen and oxygen atoms in total. The van der Waals surface area contributed by atoms with Crippen LogP contribution >= 0.6 is 34.5 Å². The summed E-state index contributed by atoms with van der Waals surface area (Å²) in [7, 11) is 0. The second-order valence-corrected chi connectivity index (χ2v) is 5.76. The lowest BCUT2D eigenvalue weighted by Crippen LogP contribution is -2.16. The predicted molar refractivity (Wildman–Crippen MR) is 86.3 cm³/mol. The van der Waals surface area contributed by atoms with Crippen molar-refractivity contribution in [2.45, 2.75) is 0 Å². The van der Waals surface area contributed by atoms with Crippen LogP contribution in [0.3, 0.4) is 0 Å². The van der Waals surface area contributed by atoms with Gasteiger partial charge >= 0.3 is 0 Å². The number of rotatable bonds is 5. The van der Waals surface area contributed by atoms with Gasteiger partial charge in [0.05, 0.1) is 15.7 Å². The Hall–Kier alpha value is -2.07. The van der Waals surface area contributed by atoms with Crippen molar-refractivity contribution in [1.29, 1.82) is 5.26 Å². The van der Waals surface area contributed by atoms with Crippen LogP contribution in [0.5, 0.6) is 0 Å². The summed E-state index contributed by atoms with van der Waals surface area (Å²) in [6, 6.07) is 7.12. The van der Waals surface area contributed by atoms with Crippen molar-refractivity contribution in [2.75, 3.05) is 6.61 Å². The topological polar surface area (TPSA) is 89.0 Å². The molecule has 0 atom stereocenters. The SMILES string of the molecule is N#C/C(=C\OCC(N)=O)c1nc(-c2ccc(Cl)c(Cl)c2)cs1. The Kier molecular flexibility index (Phi) is 5.39. The van der Waals surface area contributed by atoms with Gasteiger partial charge in [-0.1, -0.05) is 29.3 Å². The number of nitriles is 1. The fourth-order valence-electron chi connectivity index (χ4n) is 1.52. The Morgan fingerprint density at radius 1 is 1.45 bits per heavy atom. The van der Waals surface area contributed by atoms with Crippen LogP contribution in [-0.2, 0) is 9.53 Å². The van der Waals surface area contributed by atoms with Crippen LogP contribution in [-0.4, -0.2) is 17.5 Å². The highest BCUT2D eigenvalue weighted by atomic mass is 35.5. The molecule has 0 saturated carbocycles. The van der Waals surface area contributed by atoms with E-state index >= 15 is 0 Å². The smallest absolute Gasteiger partial charge is 0.255 e. The molecule has 1 heterocycles. The number of nitrogens with two attached hydrogens (primary N) is 1. The maximum absolute atomic E-state index is 10.6. The molecule has 2 rings (SSSR count). The molecule has 1 aromatic carbocycles. The summed E-state index contributed by atoms with van der Waals surface area (Å²) in [5, 5.41) is 12.3. The number of carbonyl (C=O) groups is 1. The first kappa shape index (κ1) is 16.3. The van der Waals surface area contributed by atoms with Crippen molar-refractivity contribution in [3.8, 4) is 17.3 Å². The van der Waals surface area contributed by atoms with Crippen LogP contribution in [0.1, 0.15) is 5.01 Å². The van der Waals surface area contributed by atoms with Crippen LogP contribution in [0.25, 0.3) is 16.8 Å². The maximum Gasteiger partial charge on any atom is 0.255 e. The van der Waals surface area contributed by atoms with Gasteiger partial charge in [0.15, 0.2) is 6.61 Å². The molecule has 0 unspecified atom stereocenters. The molecule has 0 aliphatic carbocycles. The summed E-state index contributed by atoms with van der Waals surface area (Å²) in [6.07, 6.45) is 1.17. The van der Waals surface area contributed by atoms with Crippen molar-refractivity contribution in [3.63, 3.8) is 0 Å². The van der Waals surface area contributed by atoms with Crippen molar-refractivity contribution in [2.24, 2.45) is 5.73 Å². The zero-order valence-corrected chi connectivity index (χ0v) is 13.4. The number of allylic oxidation sites excluding steroid dienone is 1. The minimum absolute atomic E-state index is 0.206. The number of ether oxygens (including phenoxy) is 1. The van der Waals surface area contributed by atoms with E-state index in [1.165, 1.54) is 17.6 Å². The fourth-order valence-corrected chi connectivity index (χ4v) is 2.60. The van der Waals surface area contributed by atoms with Gasteiger partial charge in [-0.05, 0) is 12.1 Å². The molecular weight excluding hydrogens is 345 g/mol. The number of hydrogen-bond acceptors (Lipinski definition) is 5. The molecule has 0 radical (unpaired) electrons. The minimum atomic E-state index is -0.621. The van der Waals surface area contributed by atoms with Crippen LogP contribution in [0, 0.1) is 11.3 Å². The lowest BCUT2D eigenvalue weighted by Gasteiger charge is -1.99. The second kappa shape index (κ2) is 7.27. The summed E-state index contributed by atoms with van der Waals surface area (Å²) in [6.45, 7) is -0.295. The number of hydrogen-bond donors (Lipinski definition) is 1. The van der Waals surface area contributed by atoms with Gasteiger partial charge in [0.1, 0.15) is 22.9 Å². The molecule has 8 heteroatoms. The van der Waals surface area contributed by atoms with E-state index in [-0.39, 0.29) is 12.2 Å². The third-order valence-corrected chi connectivity index (χ3v) is 4.11. The largest absolute Gasteiger partial charge is 0.490 e. The van der Waals surface area contributed by atoms with Gasteiger partial charge in [-0.25, -0.2) is 4.98 Å².